The monoisotopic (exact) mass is 1710 g/mol. The maximum Gasteiger partial charge on any atom is 0.454 e. The van der Waals surface area contributed by atoms with Gasteiger partial charge in [0.15, 0.2) is 5.84 Å². The SMILES string of the molecule is CCCN1C(=O)CC2Cc3c(/C(N)=N/O)cccc3C21.COC(=O)c1cc(Cl)nc(Cl)c1.COC(=O)c1cc(Cl)nc(OC)c1.COC(=O)c1cc(OC)nc(C2CCCC2)c1.COc1cc(-c2nc(-c3cccc4c3CC3CC(=O)N(CCO)C43)no2)cc(C2CCCC2)n1.COc1cc(C(=O)O)cc(C2CCCC2)n1.OB(O)C1CCCC1. The van der Waals surface area contributed by atoms with Gasteiger partial charge in [-0.05, 0) is 134 Å². The van der Waals surface area contributed by atoms with E-state index < -0.39 is 25.0 Å². The normalized spacial score (nSPS) is 18.2. The van der Waals surface area contributed by atoms with Crippen LogP contribution in [-0.2, 0) is 36.6 Å². The summed E-state index contributed by atoms with van der Waals surface area (Å²) in [5.41, 5.74) is 17.1. The van der Waals surface area contributed by atoms with Gasteiger partial charge in [0, 0.05) is 102 Å². The Hall–Kier alpha value is -10.6. The molecule has 8 aliphatic rings. The molecule has 640 valence electrons. The summed E-state index contributed by atoms with van der Waals surface area (Å²) < 4.78 is 39.9. The van der Waals surface area contributed by atoms with Gasteiger partial charge < -0.3 is 78.7 Å². The Morgan fingerprint density at radius 1 is 0.525 bits per heavy atom. The van der Waals surface area contributed by atoms with Gasteiger partial charge in [0.05, 0.1) is 90.7 Å². The van der Waals surface area contributed by atoms with Crippen LogP contribution in [0, 0.1) is 11.8 Å². The third kappa shape index (κ3) is 23.3. The number of hydrogen-bond donors (Lipinski definition) is 6. The molecule has 16 rings (SSSR count). The maximum atomic E-state index is 12.4. The number of carboxylic acid groups (broad SMARTS) is 1. The van der Waals surface area contributed by atoms with Crippen LogP contribution in [-0.4, -0.2) is 188 Å². The molecule has 0 bridgehead atoms. The van der Waals surface area contributed by atoms with Crippen LogP contribution >= 0.6 is 34.8 Å². The number of nitrogens with zero attached hydrogens (tertiary/aromatic N) is 10. The number of amides is 2. The van der Waals surface area contributed by atoms with E-state index in [0.29, 0.717) is 89.1 Å². The van der Waals surface area contributed by atoms with Crippen molar-refractivity contribution >= 4 is 83.4 Å². The van der Waals surface area contributed by atoms with Crippen LogP contribution in [0.2, 0.25) is 21.3 Å². The van der Waals surface area contributed by atoms with Crippen molar-refractivity contribution in [1.82, 2.24) is 44.9 Å². The van der Waals surface area contributed by atoms with E-state index in [9.17, 15) is 33.9 Å². The summed E-state index contributed by atoms with van der Waals surface area (Å²) >= 11 is 16.7. The number of aromatic nitrogens is 7. The first kappa shape index (κ1) is 91.7. The van der Waals surface area contributed by atoms with Gasteiger partial charge in [0.2, 0.25) is 41.2 Å². The molecule has 0 spiro atoms. The molecule has 0 radical (unpaired) electrons. The van der Waals surface area contributed by atoms with Crippen molar-refractivity contribution in [3.63, 3.8) is 0 Å². The smallest absolute Gasteiger partial charge is 0.454 e. The third-order valence-electron chi connectivity index (χ3n) is 22.7. The molecule has 7 N–H and O–H groups in total. The highest BCUT2D eigenvalue weighted by Crippen LogP contribution is 2.51. The Bertz CT molecular complexity index is 4880. The molecule has 8 heterocycles. The van der Waals surface area contributed by atoms with Crippen molar-refractivity contribution < 1.29 is 91.9 Å². The van der Waals surface area contributed by atoms with Crippen LogP contribution in [0.1, 0.15) is 245 Å². The number of hydrogen-bond acceptors (Lipinski definition) is 26. The number of nitrogens with two attached hydrogens (primary N) is 1. The predicted octanol–water partition coefficient (Wildman–Crippen LogP) is 14.6. The molecule has 2 aliphatic heterocycles. The molecule has 6 aliphatic carbocycles. The number of oxime groups is 1. The zero-order valence-corrected chi connectivity index (χ0v) is 70.8. The van der Waals surface area contributed by atoms with E-state index in [1.807, 2.05) is 52.3 Å². The Balaban J connectivity index is 0.000000154. The Morgan fingerprint density at radius 3 is 1.40 bits per heavy atom. The van der Waals surface area contributed by atoms with Crippen molar-refractivity contribution in [2.24, 2.45) is 22.7 Å². The lowest BCUT2D eigenvalue weighted by Crippen LogP contribution is -2.30. The number of β-amino-alcohol motifs (C(OH)–C–C–N with tert-alkyl or cyclic N) is 1. The zero-order valence-electron chi connectivity index (χ0n) is 68.5. The molecule has 4 saturated carbocycles. The number of benzene rings is 2. The second kappa shape index (κ2) is 44.1. The van der Waals surface area contributed by atoms with Crippen molar-refractivity contribution in [1.29, 1.82) is 0 Å². The maximum absolute atomic E-state index is 12.4. The number of fused-ring (bicyclic) bond motifs is 6. The number of aromatic carboxylic acids is 1. The van der Waals surface area contributed by atoms with Crippen LogP contribution in [0.5, 0.6) is 23.5 Å². The molecule has 6 fully saturated rings. The van der Waals surface area contributed by atoms with Crippen LogP contribution in [0.25, 0.3) is 22.8 Å². The van der Waals surface area contributed by atoms with Crippen molar-refractivity contribution in [3.05, 3.63) is 180 Å². The van der Waals surface area contributed by atoms with Gasteiger partial charge in [-0.1, -0.05) is 153 Å². The minimum absolute atomic E-state index is 0.0133. The van der Waals surface area contributed by atoms with E-state index in [1.165, 1.54) is 128 Å². The fourth-order valence-corrected chi connectivity index (χ4v) is 17.6. The van der Waals surface area contributed by atoms with Gasteiger partial charge in [-0.2, -0.15) is 4.98 Å². The summed E-state index contributed by atoms with van der Waals surface area (Å²) in [7, 11) is 9.03. The average Bonchev–Trinajstić information content (AvgIpc) is 1.58. The molecule has 8 aromatic rings. The summed E-state index contributed by atoms with van der Waals surface area (Å²) in [5, 5.41) is 52.5. The first-order valence-corrected chi connectivity index (χ1v) is 41.3. The number of halogens is 3. The highest BCUT2D eigenvalue weighted by Gasteiger charge is 2.48. The first-order valence-electron chi connectivity index (χ1n) is 40.2. The molecule has 6 aromatic heterocycles. The summed E-state index contributed by atoms with van der Waals surface area (Å²) in [6, 6.07) is 28.2. The van der Waals surface area contributed by atoms with Crippen molar-refractivity contribution in [2.45, 2.75) is 177 Å². The molecular weight excluding hydrogens is 1610 g/mol. The number of pyridine rings is 5. The lowest BCUT2D eigenvalue weighted by atomic mass is 9.72. The summed E-state index contributed by atoms with van der Waals surface area (Å²) in [6.45, 7) is 3.22. The molecule has 2 saturated heterocycles. The van der Waals surface area contributed by atoms with E-state index in [-0.39, 0.29) is 80.9 Å². The fourth-order valence-electron chi connectivity index (χ4n) is 16.9. The molecule has 30 nitrogen and oxygen atoms in total. The molecule has 4 atom stereocenters. The van der Waals surface area contributed by atoms with Crippen LogP contribution < -0.4 is 24.7 Å². The number of likely N-dealkylation sites (tertiary alicyclic amines) is 2. The Morgan fingerprint density at radius 2 is 0.942 bits per heavy atom. The lowest BCUT2D eigenvalue weighted by molar-refractivity contribution is -0.130. The Labute approximate surface area is 712 Å². The van der Waals surface area contributed by atoms with Gasteiger partial charge in [-0.3, -0.25) is 9.59 Å². The largest absolute Gasteiger partial charge is 0.481 e. The summed E-state index contributed by atoms with van der Waals surface area (Å²) in [4.78, 5) is 98.5. The number of carbonyl (C=O) groups is 6. The van der Waals surface area contributed by atoms with Crippen LogP contribution in [0.3, 0.4) is 0 Å². The molecule has 120 heavy (non-hydrogen) atoms. The van der Waals surface area contributed by atoms with E-state index in [4.69, 9.17) is 94.1 Å². The van der Waals surface area contributed by atoms with Gasteiger partial charge in [-0.15, -0.1) is 0 Å². The standard InChI is InChI=1S/C26H28N4O4.C15H19N3O2.C13H17NO3.C12H15NO3.C8H8ClNO3.C7H5Cl2NO2.C5H11BO2/c1-33-22-13-17(12-21(27-22)15-5-2-3-6-15)26-28-25(29-34-26)19-8-4-7-18-20(19)11-16-14-23(32)30(9-10-31)24(16)18;1-2-6-18-13(19)8-9-7-12-10(14(9)18)4-3-5-11(12)15(16)17-20;1-16-12-8-10(13(15)17-2)7-11(14-12)9-5-3-4-6-9;1-16-11-7-9(12(14)15)6-10(13-11)8-4-2-3-5-8;1-12-7-4-5(8(11)13-2)3-6(9)10-7;1-12-7(11)4-2-5(8)10-6(9)3-4;7-6(8)5-3-1-2-4-5/h4,7-8,12-13,15-16,24,31H,2-3,5-6,9-11,14H2,1H3;3-5,9,14,20H,2,6-8H2,1H3,(H2,16,17);7-9H,3-6H2,1-2H3;6-8H,2-5H2,1H3,(H,14,15);3-4H,1-2H3;2-3H,1H3;5,7-8H,1-4H2. The molecule has 4 unspecified atom stereocenters. The second-order valence-electron chi connectivity index (χ2n) is 30.2. The number of amidine groups is 1. The molecule has 2 aromatic carbocycles. The van der Waals surface area contributed by atoms with Crippen molar-refractivity contribution in [2.75, 3.05) is 69.5 Å². The highest BCUT2D eigenvalue weighted by molar-refractivity contribution is 6.43. The van der Waals surface area contributed by atoms with Gasteiger partial charge in [-0.25, -0.2) is 44.1 Å². The predicted molar refractivity (Wildman–Crippen MR) is 447 cm³/mol. The van der Waals surface area contributed by atoms with E-state index in [0.717, 1.165) is 122 Å². The minimum Gasteiger partial charge on any atom is -0.481 e. The molecule has 34 heteroatoms. The number of rotatable bonds is 19. The van der Waals surface area contributed by atoms with Crippen LogP contribution in [0.4, 0.5) is 0 Å². The summed E-state index contributed by atoms with van der Waals surface area (Å²) in [6.07, 6.45) is 22.1. The summed E-state index contributed by atoms with van der Waals surface area (Å²) in [5.74, 6) is 3.02. The number of ether oxygens (including phenoxy) is 7. The number of esters is 3. The zero-order chi connectivity index (χ0) is 86.3. The van der Waals surface area contributed by atoms with Crippen LogP contribution in [0.15, 0.2) is 107 Å². The van der Waals surface area contributed by atoms with Gasteiger partial charge in [0.1, 0.15) is 15.5 Å². The highest BCUT2D eigenvalue weighted by atomic mass is 35.5. The number of aliphatic hydroxyl groups excluding tert-OH is 1. The van der Waals surface area contributed by atoms with Gasteiger partial charge in [0.25, 0.3) is 5.89 Å². The van der Waals surface area contributed by atoms with Gasteiger partial charge >= 0.3 is 31.0 Å². The van der Waals surface area contributed by atoms with E-state index in [2.05, 4.69) is 63.8 Å². The fraction of sp³-hybridized carbons (Fsp3) is 0.465. The van der Waals surface area contributed by atoms with Crippen molar-refractivity contribution in [3.8, 4) is 46.4 Å². The number of carboxylic acids is 1. The first-order chi connectivity index (χ1) is 57.9. The Kier molecular flexibility index (Phi) is 33.7. The quantitative estimate of drug-likeness (QED) is 0.00640. The third-order valence-corrected chi connectivity index (χ3v) is 23.2. The topological polar surface area (TPSA) is 416 Å². The van der Waals surface area contributed by atoms with E-state index in [1.54, 1.807) is 26.4 Å². The number of aliphatic hydroxyl groups is 1. The number of methoxy groups -OCH3 is 7. The molecule has 2 amide bonds. The average molecular weight is 1710 g/mol. The van der Waals surface area contributed by atoms with E-state index >= 15 is 0 Å². The number of carbonyl (C=O) groups excluding carboxylic acids is 5. The molecular formula is C86H103BCl3N11O19. The minimum atomic E-state index is -1.06. The second-order valence-corrected chi connectivity index (χ2v) is 31.3. The lowest BCUT2D eigenvalue weighted by Gasteiger charge is -2.24.